The Morgan fingerprint density at radius 2 is 2.30 bits per heavy atom. The molecule has 1 atom stereocenters. The molecule has 126 valence electrons. The molecule has 2 aromatic rings. The first kappa shape index (κ1) is 16.6. The van der Waals surface area contributed by atoms with Gasteiger partial charge >= 0.3 is 0 Å². The Kier molecular flexibility index (Phi) is 5.77. The Morgan fingerprint density at radius 3 is 3.00 bits per heavy atom. The van der Waals surface area contributed by atoms with Crippen molar-refractivity contribution in [2.75, 3.05) is 32.8 Å². The molecule has 0 aliphatic carbocycles. The van der Waals surface area contributed by atoms with Crippen LogP contribution in [0.25, 0.3) is 10.7 Å². The van der Waals surface area contributed by atoms with Crippen molar-refractivity contribution in [3.8, 4) is 10.7 Å². The number of nitrogens with one attached hydrogen (secondary N) is 1. The van der Waals surface area contributed by atoms with Gasteiger partial charge in [0.15, 0.2) is 0 Å². The highest BCUT2D eigenvalue weighted by atomic mass is 32.1. The first-order chi connectivity index (χ1) is 11.3. The molecule has 6 nitrogen and oxygen atoms in total. The van der Waals surface area contributed by atoms with E-state index in [1.54, 1.807) is 11.3 Å². The molecule has 1 fully saturated rings. The predicted molar refractivity (Wildman–Crippen MR) is 90.3 cm³/mol. The summed E-state index contributed by atoms with van der Waals surface area (Å²) in [6, 6.07) is 4.05. The van der Waals surface area contributed by atoms with E-state index in [0.29, 0.717) is 17.6 Å². The molecular formula is C16H24N4O2S. The number of thiophene rings is 1. The standard InChI is InChI=1S/C16H24N4O2S/c1-12(16-18-15(19-22-16)14-3-2-10-23-14)17-11-13-4-6-20(7-5-13)8-9-21/h2-3,10,12-13,17,21H,4-9,11H2,1H3. The van der Waals surface area contributed by atoms with Gasteiger partial charge in [-0.3, -0.25) is 0 Å². The minimum Gasteiger partial charge on any atom is -0.395 e. The molecule has 3 rings (SSSR count). The molecule has 0 aromatic carbocycles. The maximum atomic E-state index is 8.98. The number of rotatable bonds is 7. The van der Waals surface area contributed by atoms with Crippen LogP contribution in [0.3, 0.4) is 0 Å². The van der Waals surface area contributed by atoms with Gasteiger partial charge in [0.05, 0.1) is 17.5 Å². The summed E-state index contributed by atoms with van der Waals surface area (Å²) >= 11 is 1.61. The first-order valence-electron chi connectivity index (χ1n) is 8.20. The van der Waals surface area contributed by atoms with Crippen molar-refractivity contribution in [2.45, 2.75) is 25.8 Å². The van der Waals surface area contributed by atoms with Gasteiger partial charge in [-0.05, 0) is 56.8 Å². The molecule has 23 heavy (non-hydrogen) atoms. The highest BCUT2D eigenvalue weighted by Gasteiger charge is 2.21. The summed E-state index contributed by atoms with van der Waals surface area (Å²) in [5.41, 5.74) is 0. The van der Waals surface area contributed by atoms with Gasteiger partial charge in [-0.15, -0.1) is 11.3 Å². The van der Waals surface area contributed by atoms with Crippen molar-refractivity contribution in [1.82, 2.24) is 20.4 Å². The van der Waals surface area contributed by atoms with Gasteiger partial charge in [0, 0.05) is 6.54 Å². The summed E-state index contributed by atoms with van der Waals surface area (Å²) in [4.78, 5) is 7.84. The van der Waals surface area contributed by atoms with Gasteiger partial charge in [-0.25, -0.2) is 0 Å². The Bertz CT molecular complexity index is 579. The van der Waals surface area contributed by atoms with Crippen LogP contribution in [0.5, 0.6) is 0 Å². The number of nitrogens with zero attached hydrogens (tertiary/aromatic N) is 3. The molecule has 0 radical (unpaired) electrons. The molecule has 2 aromatic heterocycles. The Hall–Kier alpha value is -1.28. The van der Waals surface area contributed by atoms with E-state index in [1.165, 1.54) is 12.8 Å². The summed E-state index contributed by atoms with van der Waals surface area (Å²) in [5, 5.41) is 18.6. The van der Waals surface area contributed by atoms with E-state index in [1.807, 2.05) is 17.5 Å². The van der Waals surface area contributed by atoms with Crippen molar-refractivity contribution in [3.05, 3.63) is 23.4 Å². The van der Waals surface area contributed by atoms with Crippen molar-refractivity contribution in [2.24, 2.45) is 5.92 Å². The van der Waals surface area contributed by atoms with E-state index in [0.717, 1.165) is 31.1 Å². The largest absolute Gasteiger partial charge is 0.395 e. The van der Waals surface area contributed by atoms with Crippen LogP contribution in [0.1, 0.15) is 31.7 Å². The zero-order chi connectivity index (χ0) is 16.1. The van der Waals surface area contributed by atoms with Gasteiger partial charge in [-0.2, -0.15) is 4.98 Å². The smallest absolute Gasteiger partial charge is 0.243 e. The lowest BCUT2D eigenvalue weighted by atomic mass is 9.96. The minimum absolute atomic E-state index is 0.0617. The number of β-amino-alcohol motifs (C(OH)–C–C–N with tert-alkyl or cyclic N) is 1. The average molecular weight is 336 g/mol. The van der Waals surface area contributed by atoms with Gasteiger partial charge < -0.3 is 19.8 Å². The Morgan fingerprint density at radius 1 is 1.48 bits per heavy atom. The van der Waals surface area contributed by atoms with Crippen LogP contribution in [-0.2, 0) is 0 Å². The molecule has 0 amide bonds. The van der Waals surface area contributed by atoms with E-state index >= 15 is 0 Å². The number of likely N-dealkylation sites (tertiary alicyclic amines) is 1. The van der Waals surface area contributed by atoms with Crippen molar-refractivity contribution in [3.63, 3.8) is 0 Å². The molecule has 3 heterocycles. The maximum absolute atomic E-state index is 8.98. The van der Waals surface area contributed by atoms with Gasteiger partial charge in [0.2, 0.25) is 11.7 Å². The van der Waals surface area contributed by atoms with Gasteiger partial charge in [0.25, 0.3) is 0 Å². The fraction of sp³-hybridized carbons (Fsp3) is 0.625. The molecule has 7 heteroatoms. The molecule has 1 aliphatic heterocycles. The lowest BCUT2D eigenvalue weighted by Crippen LogP contribution is -2.39. The maximum Gasteiger partial charge on any atom is 0.243 e. The zero-order valence-corrected chi connectivity index (χ0v) is 14.3. The lowest BCUT2D eigenvalue weighted by Gasteiger charge is -2.31. The van der Waals surface area contributed by atoms with Gasteiger partial charge in [-0.1, -0.05) is 11.2 Å². The third-order valence-corrected chi connectivity index (χ3v) is 5.26. The zero-order valence-electron chi connectivity index (χ0n) is 13.4. The second-order valence-corrected chi connectivity index (χ2v) is 7.02. The van der Waals surface area contributed by atoms with E-state index in [-0.39, 0.29) is 12.6 Å². The molecule has 1 unspecified atom stereocenters. The molecular weight excluding hydrogens is 312 g/mol. The highest BCUT2D eigenvalue weighted by molar-refractivity contribution is 7.13. The normalized spacial score (nSPS) is 18.3. The third kappa shape index (κ3) is 4.38. The number of aliphatic hydroxyl groups excluding tert-OH is 1. The van der Waals surface area contributed by atoms with Crippen LogP contribution in [0.4, 0.5) is 0 Å². The van der Waals surface area contributed by atoms with Crippen molar-refractivity contribution < 1.29 is 9.63 Å². The SMILES string of the molecule is CC(NCC1CCN(CCO)CC1)c1nc(-c2cccs2)no1. The van der Waals surface area contributed by atoms with E-state index in [9.17, 15) is 0 Å². The van der Waals surface area contributed by atoms with Crippen LogP contribution >= 0.6 is 11.3 Å². The molecule has 1 aliphatic rings. The monoisotopic (exact) mass is 336 g/mol. The van der Waals surface area contributed by atoms with Gasteiger partial charge in [0.1, 0.15) is 0 Å². The van der Waals surface area contributed by atoms with Crippen LogP contribution in [0.15, 0.2) is 22.0 Å². The quantitative estimate of drug-likeness (QED) is 0.807. The fourth-order valence-corrected chi connectivity index (χ4v) is 3.55. The summed E-state index contributed by atoms with van der Waals surface area (Å²) < 4.78 is 5.39. The number of hydrogen-bond donors (Lipinski definition) is 2. The topological polar surface area (TPSA) is 74.4 Å². The first-order valence-corrected chi connectivity index (χ1v) is 9.08. The lowest BCUT2D eigenvalue weighted by molar-refractivity contribution is 0.145. The van der Waals surface area contributed by atoms with E-state index in [4.69, 9.17) is 9.63 Å². The van der Waals surface area contributed by atoms with Crippen LogP contribution in [0, 0.1) is 5.92 Å². The highest BCUT2D eigenvalue weighted by Crippen LogP contribution is 2.23. The number of aliphatic hydroxyl groups is 1. The summed E-state index contributed by atoms with van der Waals surface area (Å²) in [5.74, 6) is 1.99. The summed E-state index contributed by atoms with van der Waals surface area (Å²) in [6.07, 6.45) is 2.34. The van der Waals surface area contributed by atoms with Crippen molar-refractivity contribution in [1.29, 1.82) is 0 Å². The van der Waals surface area contributed by atoms with E-state index < -0.39 is 0 Å². The number of piperidine rings is 1. The minimum atomic E-state index is 0.0617. The fourth-order valence-electron chi connectivity index (χ4n) is 2.90. The second kappa shape index (κ2) is 8.01. The Labute approximate surface area is 140 Å². The molecule has 0 saturated carbocycles. The summed E-state index contributed by atoms with van der Waals surface area (Å²) in [6.45, 7) is 6.22. The summed E-state index contributed by atoms with van der Waals surface area (Å²) in [7, 11) is 0. The molecule has 0 bridgehead atoms. The van der Waals surface area contributed by atoms with Crippen LogP contribution in [0.2, 0.25) is 0 Å². The predicted octanol–water partition coefficient (Wildman–Crippen LogP) is 2.15. The number of hydrogen-bond acceptors (Lipinski definition) is 7. The van der Waals surface area contributed by atoms with Crippen molar-refractivity contribution >= 4 is 11.3 Å². The third-order valence-electron chi connectivity index (χ3n) is 4.39. The second-order valence-electron chi connectivity index (χ2n) is 6.07. The molecule has 1 saturated heterocycles. The Balaban J connectivity index is 1.46. The number of aromatic nitrogens is 2. The van der Waals surface area contributed by atoms with Crippen LogP contribution in [-0.4, -0.2) is 52.9 Å². The molecule has 0 spiro atoms. The molecule has 2 N–H and O–H groups in total. The average Bonchev–Trinajstić information content (AvgIpc) is 3.25. The van der Waals surface area contributed by atoms with Crippen LogP contribution < -0.4 is 5.32 Å². The van der Waals surface area contributed by atoms with E-state index in [2.05, 4.69) is 27.3 Å².